The van der Waals surface area contributed by atoms with Crippen molar-refractivity contribution < 1.29 is 9.84 Å². The number of nitrogens with zero attached hydrogens (tertiary/aromatic N) is 3. The van der Waals surface area contributed by atoms with E-state index in [4.69, 9.17) is 9.72 Å². The minimum Gasteiger partial charge on any atom is -0.391 e. The number of pyridine rings is 1. The Hall–Kier alpha value is -2.69. The van der Waals surface area contributed by atoms with Crippen molar-refractivity contribution >= 4 is 11.8 Å². The first kappa shape index (κ1) is 22.5. The number of aliphatic hydroxyl groups excluding tert-OH is 1. The molecule has 2 aromatic carbocycles. The van der Waals surface area contributed by atoms with Crippen LogP contribution in [0.15, 0.2) is 65.7 Å². The molecule has 6 heteroatoms. The van der Waals surface area contributed by atoms with E-state index in [2.05, 4.69) is 23.1 Å². The second kappa shape index (κ2) is 10.8. The first-order chi connectivity index (χ1) is 15.6. The van der Waals surface area contributed by atoms with Crippen molar-refractivity contribution in [2.24, 2.45) is 0 Å². The molecule has 0 spiro atoms. The lowest BCUT2D eigenvalue weighted by Crippen LogP contribution is -2.41. The predicted molar refractivity (Wildman–Crippen MR) is 129 cm³/mol. The van der Waals surface area contributed by atoms with Crippen LogP contribution in [0.2, 0.25) is 0 Å². The quantitative estimate of drug-likeness (QED) is 0.544. The molecule has 1 aliphatic rings. The van der Waals surface area contributed by atoms with E-state index in [9.17, 15) is 10.4 Å². The number of hydrogen-bond donors (Lipinski definition) is 1. The third-order valence-corrected chi connectivity index (χ3v) is 6.64. The molecule has 0 saturated carbocycles. The summed E-state index contributed by atoms with van der Waals surface area (Å²) in [6, 6.07) is 22.6. The van der Waals surface area contributed by atoms with Crippen LogP contribution < -0.4 is 0 Å². The zero-order chi connectivity index (χ0) is 22.3. The molecule has 3 aromatic rings. The summed E-state index contributed by atoms with van der Waals surface area (Å²) in [6.07, 6.45) is -0.505. The van der Waals surface area contributed by atoms with Crippen LogP contribution >= 0.6 is 11.8 Å². The lowest BCUT2D eigenvalue weighted by atomic mass is 9.98. The summed E-state index contributed by atoms with van der Waals surface area (Å²) in [5, 5.41) is 21.3. The number of rotatable bonds is 7. The zero-order valence-corrected chi connectivity index (χ0v) is 19.0. The minimum atomic E-state index is -0.505. The van der Waals surface area contributed by atoms with Gasteiger partial charge in [-0.15, -0.1) is 11.8 Å². The van der Waals surface area contributed by atoms with Crippen LogP contribution in [-0.4, -0.2) is 59.7 Å². The molecule has 0 bridgehead atoms. The molecule has 1 atom stereocenters. The number of ether oxygens (including phenoxy) is 1. The van der Waals surface area contributed by atoms with Gasteiger partial charge < -0.3 is 9.84 Å². The lowest BCUT2D eigenvalue weighted by molar-refractivity contribution is 0.0188. The summed E-state index contributed by atoms with van der Waals surface area (Å²) in [4.78, 5) is 7.05. The second-order valence-electron chi connectivity index (χ2n) is 7.96. The van der Waals surface area contributed by atoms with Crippen molar-refractivity contribution in [2.75, 3.05) is 38.6 Å². The van der Waals surface area contributed by atoms with Gasteiger partial charge in [-0.05, 0) is 18.6 Å². The van der Waals surface area contributed by atoms with E-state index in [1.807, 2.05) is 55.5 Å². The standard InChI is InChI=1S/C26H27N3O2S/c1-19-7-9-20(10-8-19)23-15-25(21-5-3-2-4-6-21)28-26(24(23)16-27)32-18-22(30)17-29-11-13-31-14-12-29/h2-10,15,22,30H,11-14,17-18H2,1H3/t22-/m1/s1. The highest BCUT2D eigenvalue weighted by Gasteiger charge is 2.19. The van der Waals surface area contributed by atoms with Crippen LogP contribution in [0, 0.1) is 18.3 Å². The molecular formula is C26H27N3O2S. The van der Waals surface area contributed by atoms with Crippen LogP contribution in [0.5, 0.6) is 0 Å². The number of benzene rings is 2. The number of aromatic nitrogens is 1. The van der Waals surface area contributed by atoms with Crippen molar-refractivity contribution in [2.45, 2.75) is 18.1 Å². The summed E-state index contributed by atoms with van der Waals surface area (Å²) in [5.74, 6) is 0.477. The SMILES string of the molecule is Cc1ccc(-c2cc(-c3ccccc3)nc(SC[C@H](O)CN3CCOCC3)c2C#N)cc1. The molecule has 32 heavy (non-hydrogen) atoms. The molecule has 0 radical (unpaired) electrons. The molecule has 1 fully saturated rings. The molecule has 164 valence electrons. The number of nitriles is 1. The van der Waals surface area contributed by atoms with Crippen molar-refractivity contribution in [1.82, 2.24) is 9.88 Å². The Balaban J connectivity index is 1.64. The van der Waals surface area contributed by atoms with Gasteiger partial charge in [0.05, 0.1) is 30.6 Å². The molecule has 0 aliphatic carbocycles. The van der Waals surface area contributed by atoms with Crippen LogP contribution in [0.1, 0.15) is 11.1 Å². The maximum absolute atomic E-state index is 10.6. The number of aryl methyl sites for hydroxylation is 1. The summed E-state index contributed by atoms with van der Waals surface area (Å²) in [5.41, 5.74) is 5.41. The summed E-state index contributed by atoms with van der Waals surface area (Å²) >= 11 is 1.45. The van der Waals surface area contributed by atoms with Crippen LogP contribution in [-0.2, 0) is 4.74 Å². The number of hydrogen-bond acceptors (Lipinski definition) is 6. The van der Waals surface area contributed by atoms with Crippen LogP contribution in [0.4, 0.5) is 0 Å². The molecule has 2 heterocycles. The topological polar surface area (TPSA) is 69.4 Å². The van der Waals surface area contributed by atoms with E-state index in [1.165, 1.54) is 17.3 Å². The molecule has 4 rings (SSSR count). The maximum Gasteiger partial charge on any atom is 0.115 e. The van der Waals surface area contributed by atoms with E-state index in [-0.39, 0.29) is 0 Å². The van der Waals surface area contributed by atoms with Crippen LogP contribution in [0.3, 0.4) is 0 Å². The molecule has 1 saturated heterocycles. The average Bonchev–Trinajstić information content (AvgIpc) is 2.84. The third kappa shape index (κ3) is 5.56. The highest BCUT2D eigenvalue weighted by Crippen LogP contribution is 2.34. The fourth-order valence-electron chi connectivity index (χ4n) is 3.76. The molecule has 0 amide bonds. The van der Waals surface area contributed by atoms with Gasteiger partial charge in [-0.2, -0.15) is 5.26 Å². The summed E-state index contributed by atoms with van der Waals surface area (Å²) in [7, 11) is 0. The predicted octanol–water partition coefficient (Wildman–Crippen LogP) is 4.38. The van der Waals surface area contributed by atoms with Gasteiger partial charge in [0.25, 0.3) is 0 Å². The highest BCUT2D eigenvalue weighted by molar-refractivity contribution is 7.99. The Bertz CT molecular complexity index is 1070. The molecule has 0 unspecified atom stereocenters. The molecule has 1 aromatic heterocycles. The first-order valence-electron chi connectivity index (χ1n) is 10.8. The number of thioether (sulfide) groups is 1. The zero-order valence-electron chi connectivity index (χ0n) is 18.2. The fraction of sp³-hybridized carbons (Fsp3) is 0.308. The smallest absolute Gasteiger partial charge is 0.115 e. The van der Waals surface area contributed by atoms with Gasteiger partial charge >= 0.3 is 0 Å². The average molecular weight is 446 g/mol. The van der Waals surface area contributed by atoms with Crippen molar-refractivity contribution in [3.63, 3.8) is 0 Å². The van der Waals surface area contributed by atoms with E-state index in [1.54, 1.807) is 0 Å². The van der Waals surface area contributed by atoms with Gasteiger partial charge in [0.15, 0.2) is 0 Å². The van der Waals surface area contributed by atoms with Gasteiger partial charge in [-0.25, -0.2) is 4.98 Å². The van der Waals surface area contributed by atoms with Crippen molar-refractivity contribution in [3.05, 3.63) is 71.8 Å². The van der Waals surface area contributed by atoms with Crippen molar-refractivity contribution in [3.8, 4) is 28.5 Å². The van der Waals surface area contributed by atoms with E-state index in [0.717, 1.165) is 35.5 Å². The number of morpholine rings is 1. The first-order valence-corrected chi connectivity index (χ1v) is 11.8. The molecular weight excluding hydrogens is 418 g/mol. The fourth-order valence-corrected chi connectivity index (χ4v) is 4.68. The van der Waals surface area contributed by atoms with Gasteiger partial charge in [0.2, 0.25) is 0 Å². The Morgan fingerprint density at radius 3 is 2.50 bits per heavy atom. The molecule has 1 aliphatic heterocycles. The van der Waals surface area contributed by atoms with Gasteiger partial charge in [-0.3, -0.25) is 4.90 Å². The molecule has 5 nitrogen and oxygen atoms in total. The highest BCUT2D eigenvalue weighted by atomic mass is 32.2. The molecule has 1 N–H and O–H groups in total. The summed E-state index contributed by atoms with van der Waals surface area (Å²) < 4.78 is 5.38. The van der Waals surface area contributed by atoms with Crippen LogP contribution in [0.25, 0.3) is 22.4 Å². The van der Waals surface area contributed by atoms with E-state index < -0.39 is 6.10 Å². The Labute approximate surface area is 193 Å². The minimum absolute atomic E-state index is 0.477. The Kier molecular flexibility index (Phi) is 7.56. The lowest BCUT2D eigenvalue weighted by Gasteiger charge is -2.28. The largest absolute Gasteiger partial charge is 0.391 e. The van der Waals surface area contributed by atoms with Gasteiger partial charge in [0.1, 0.15) is 11.1 Å². The van der Waals surface area contributed by atoms with Gasteiger partial charge in [0, 0.05) is 36.5 Å². The normalized spacial score (nSPS) is 15.3. The van der Waals surface area contributed by atoms with E-state index >= 15 is 0 Å². The monoisotopic (exact) mass is 445 g/mol. The van der Waals surface area contributed by atoms with E-state index in [0.29, 0.717) is 36.1 Å². The Morgan fingerprint density at radius 1 is 1.09 bits per heavy atom. The van der Waals surface area contributed by atoms with Crippen molar-refractivity contribution in [1.29, 1.82) is 5.26 Å². The third-order valence-electron chi connectivity index (χ3n) is 5.52. The Morgan fingerprint density at radius 2 is 1.81 bits per heavy atom. The number of aliphatic hydroxyl groups is 1. The number of β-amino-alcohol motifs (C(OH)–C–C–N with tert-alkyl or cyclic N) is 1. The van der Waals surface area contributed by atoms with Gasteiger partial charge in [-0.1, -0.05) is 60.2 Å². The second-order valence-corrected chi connectivity index (χ2v) is 8.97. The maximum atomic E-state index is 10.6. The summed E-state index contributed by atoms with van der Waals surface area (Å²) in [6.45, 7) is 5.74.